The van der Waals surface area contributed by atoms with Gasteiger partial charge in [-0.2, -0.15) is 0 Å². The van der Waals surface area contributed by atoms with Crippen molar-refractivity contribution in [3.05, 3.63) is 53.9 Å². The van der Waals surface area contributed by atoms with Crippen LogP contribution in [0.3, 0.4) is 0 Å². The van der Waals surface area contributed by atoms with Crippen molar-refractivity contribution in [2.24, 2.45) is 0 Å². The van der Waals surface area contributed by atoms with Crippen LogP contribution in [0.25, 0.3) is 0 Å². The fourth-order valence-electron chi connectivity index (χ4n) is 2.34. The Labute approximate surface area is 117 Å². The van der Waals surface area contributed by atoms with Crippen LogP contribution in [0.15, 0.2) is 36.8 Å². The molecule has 0 spiro atoms. The molecule has 0 bridgehead atoms. The average Bonchev–Trinajstić information content (AvgIpc) is 2.69. The topological polar surface area (TPSA) is 38.2 Å². The molecule has 5 heteroatoms. The molecule has 0 amide bonds. The molecule has 0 aliphatic carbocycles. The molecule has 0 unspecified atom stereocenters. The Morgan fingerprint density at radius 1 is 1.30 bits per heavy atom. The van der Waals surface area contributed by atoms with Crippen molar-refractivity contribution in [3.8, 4) is 5.75 Å². The van der Waals surface area contributed by atoms with Crippen molar-refractivity contribution < 1.29 is 9.13 Å². The summed E-state index contributed by atoms with van der Waals surface area (Å²) in [5.74, 6) is 0.459. The van der Waals surface area contributed by atoms with Crippen molar-refractivity contribution in [1.82, 2.24) is 14.9 Å². The van der Waals surface area contributed by atoms with Crippen LogP contribution in [0.1, 0.15) is 11.3 Å². The van der Waals surface area contributed by atoms with Crippen LogP contribution in [0.5, 0.6) is 5.75 Å². The van der Waals surface area contributed by atoms with Crippen molar-refractivity contribution in [1.29, 1.82) is 0 Å². The highest BCUT2D eigenvalue weighted by atomic mass is 19.1. The van der Waals surface area contributed by atoms with Gasteiger partial charge in [-0.15, -0.1) is 0 Å². The van der Waals surface area contributed by atoms with E-state index in [0.29, 0.717) is 24.5 Å². The number of hydrogen-bond acceptors (Lipinski definition) is 4. The monoisotopic (exact) mass is 273 g/mol. The van der Waals surface area contributed by atoms with Crippen LogP contribution in [0.4, 0.5) is 4.39 Å². The van der Waals surface area contributed by atoms with Gasteiger partial charge in [0.2, 0.25) is 0 Å². The first kappa shape index (κ1) is 13.0. The Balaban J connectivity index is 1.68. The minimum Gasteiger partial charge on any atom is -0.492 e. The maximum atomic E-state index is 13.9. The van der Waals surface area contributed by atoms with Crippen molar-refractivity contribution in [2.45, 2.75) is 13.0 Å². The molecule has 0 saturated carbocycles. The van der Waals surface area contributed by atoms with E-state index in [0.717, 1.165) is 25.2 Å². The van der Waals surface area contributed by atoms with E-state index in [4.69, 9.17) is 4.74 Å². The molecule has 0 radical (unpaired) electrons. The van der Waals surface area contributed by atoms with Crippen LogP contribution < -0.4 is 4.74 Å². The second-order valence-electron chi connectivity index (χ2n) is 4.79. The summed E-state index contributed by atoms with van der Waals surface area (Å²) < 4.78 is 19.5. The normalized spacial score (nSPS) is 15.2. The smallest absolute Gasteiger partial charge is 0.131 e. The van der Waals surface area contributed by atoms with Crippen LogP contribution >= 0.6 is 0 Å². The first-order chi connectivity index (χ1) is 9.83. The molecular formula is C15H16FN3O. The second-order valence-corrected chi connectivity index (χ2v) is 4.79. The molecule has 4 nitrogen and oxygen atoms in total. The minimum atomic E-state index is -0.200. The highest BCUT2D eigenvalue weighted by Crippen LogP contribution is 2.25. The zero-order valence-corrected chi connectivity index (χ0v) is 11.1. The lowest BCUT2D eigenvalue weighted by Gasteiger charge is -2.18. The van der Waals surface area contributed by atoms with Gasteiger partial charge in [0.1, 0.15) is 18.2 Å². The van der Waals surface area contributed by atoms with Gasteiger partial charge in [0.15, 0.2) is 0 Å². The molecule has 1 aliphatic heterocycles. The summed E-state index contributed by atoms with van der Waals surface area (Å²) in [6, 6.07) is 4.99. The number of rotatable bonds is 3. The molecule has 2 aromatic rings. The third kappa shape index (κ3) is 2.93. The molecule has 20 heavy (non-hydrogen) atoms. The minimum absolute atomic E-state index is 0.200. The second kappa shape index (κ2) is 5.96. The van der Waals surface area contributed by atoms with Crippen molar-refractivity contribution in [3.63, 3.8) is 0 Å². The first-order valence-corrected chi connectivity index (χ1v) is 6.70. The molecule has 1 aliphatic rings. The molecule has 0 N–H and O–H groups in total. The summed E-state index contributed by atoms with van der Waals surface area (Å²) in [6.07, 6.45) is 5.92. The molecule has 0 saturated heterocycles. The molecule has 0 atom stereocenters. The number of hydrogen-bond donors (Lipinski definition) is 0. The van der Waals surface area contributed by atoms with Gasteiger partial charge in [0.25, 0.3) is 0 Å². The van der Waals surface area contributed by atoms with Crippen molar-refractivity contribution in [2.75, 3.05) is 19.7 Å². The van der Waals surface area contributed by atoms with Gasteiger partial charge in [-0.05, 0) is 12.1 Å². The standard InChI is InChI=1S/C15H16FN3O/c16-14-2-1-3-15-13(14)11-19(8-9-20-15)7-4-12-10-17-5-6-18-12/h1-3,5-6,10H,4,7-9,11H2. The predicted molar refractivity (Wildman–Crippen MR) is 72.9 cm³/mol. The van der Waals surface area contributed by atoms with Crippen molar-refractivity contribution >= 4 is 0 Å². The Bertz CT molecular complexity index is 577. The molecule has 104 valence electrons. The Morgan fingerprint density at radius 2 is 2.25 bits per heavy atom. The fourth-order valence-corrected chi connectivity index (χ4v) is 2.34. The molecule has 3 rings (SSSR count). The van der Waals surface area contributed by atoms with E-state index in [2.05, 4.69) is 14.9 Å². The number of halogens is 1. The van der Waals surface area contributed by atoms with Gasteiger partial charge >= 0.3 is 0 Å². The summed E-state index contributed by atoms with van der Waals surface area (Å²) in [4.78, 5) is 10.5. The molecule has 0 fully saturated rings. The Kier molecular flexibility index (Phi) is 3.87. The zero-order chi connectivity index (χ0) is 13.8. The number of aromatic nitrogens is 2. The summed E-state index contributed by atoms with van der Waals surface area (Å²) in [5.41, 5.74) is 1.59. The lowest BCUT2D eigenvalue weighted by Crippen LogP contribution is -2.28. The maximum absolute atomic E-state index is 13.9. The van der Waals surface area contributed by atoms with Crippen LogP contribution in [0, 0.1) is 5.82 Å². The lowest BCUT2D eigenvalue weighted by atomic mass is 10.1. The molecule has 1 aromatic carbocycles. The largest absolute Gasteiger partial charge is 0.492 e. The third-order valence-electron chi connectivity index (χ3n) is 3.42. The lowest BCUT2D eigenvalue weighted by molar-refractivity contribution is 0.227. The van der Waals surface area contributed by atoms with E-state index in [1.807, 2.05) is 6.07 Å². The summed E-state index contributed by atoms with van der Waals surface area (Å²) in [5, 5.41) is 0. The van der Waals surface area contributed by atoms with E-state index in [-0.39, 0.29) is 5.82 Å². The Morgan fingerprint density at radius 3 is 3.10 bits per heavy atom. The number of fused-ring (bicyclic) bond motifs is 1. The summed E-state index contributed by atoms with van der Waals surface area (Å²) in [6.45, 7) is 2.75. The number of ether oxygens (including phenoxy) is 1. The summed E-state index contributed by atoms with van der Waals surface area (Å²) >= 11 is 0. The average molecular weight is 273 g/mol. The number of nitrogens with zero attached hydrogens (tertiary/aromatic N) is 3. The zero-order valence-electron chi connectivity index (χ0n) is 11.1. The van der Waals surface area contributed by atoms with Crippen LogP contribution in [0.2, 0.25) is 0 Å². The predicted octanol–water partition coefficient (Wildman–Crippen LogP) is 2.05. The third-order valence-corrected chi connectivity index (χ3v) is 3.42. The molecule has 2 heterocycles. The van der Waals surface area contributed by atoms with Crippen LogP contribution in [-0.2, 0) is 13.0 Å². The quantitative estimate of drug-likeness (QED) is 0.858. The van der Waals surface area contributed by atoms with E-state index >= 15 is 0 Å². The summed E-state index contributed by atoms with van der Waals surface area (Å²) in [7, 11) is 0. The first-order valence-electron chi connectivity index (χ1n) is 6.70. The number of benzene rings is 1. The van der Waals surface area contributed by atoms with Crippen LogP contribution in [-0.4, -0.2) is 34.6 Å². The van der Waals surface area contributed by atoms with Gasteiger partial charge in [0.05, 0.1) is 5.69 Å². The fraction of sp³-hybridized carbons (Fsp3) is 0.333. The van der Waals surface area contributed by atoms with E-state index < -0.39 is 0 Å². The maximum Gasteiger partial charge on any atom is 0.131 e. The van der Waals surface area contributed by atoms with Gasteiger partial charge < -0.3 is 4.74 Å². The molecule has 1 aromatic heterocycles. The SMILES string of the molecule is Fc1cccc2c1CN(CCc1cnccn1)CCO2. The van der Waals surface area contributed by atoms with Gasteiger partial charge in [0, 0.05) is 50.2 Å². The van der Waals surface area contributed by atoms with E-state index in [1.54, 1.807) is 24.7 Å². The Hall–Kier alpha value is -2.01. The molecular weight excluding hydrogens is 257 g/mol. The van der Waals surface area contributed by atoms with Gasteiger partial charge in [-0.3, -0.25) is 14.9 Å². The van der Waals surface area contributed by atoms with Gasteiger partial charge in [-0.25, -0.2) is 4.39 Å². The highest BCUT2D eigenvalue weighted by molar-refractivity contribution is 5.35. The van der Waals surface area contributed by atoms with E-state index in [9.17, 15) is 4.39 Å². The van der Waals surface area contributed by atoms with E-state index in [1.165, 1.54) is 6.07 Å². The van der Waals surface area contributed by atoms with Gasteiger partial charge in [-0.1, -0.05) is 6.07 Å². The highest BCUT2D eigenvalue weighted by Gasteiger charge is 2.18.